The summed E-state index contributed by atoms with van der Waals surface area (Å²) >= 11 is 0. The zero-order valence-corrected chi connectivity index (χ0v) is 16.0. The molecule has 4 rings (SSSR count). The van der Waals surface area contributed by atoms with Gasteiger partial charge in [0.1, 0.15) is 0 Å². The lowest BCUT2D eigenvalue weighted by Gasteiger charge is -2.28. The van der Waals surface area contributed by atoms with Crippen LogP contribution in [0, 0.1) is 0 Å². The minimum Gasteiger partial charge on any atom is -0.479 e. The molecule has 0 saturated heterocycles. The van der Waals surface area contributed by atoms with Crippen LogP contribution in [0.4, 0.5) is 11.4 Å². The molecule has 1 aromatic heterocycles. The van der Waals surface area contributed by atoms with Gasteiger partial charge in [-0.25, -0.2) is 0 Å². The third kappa shape index (κ3) is 3.96. The van der Waals surface area contributed by atoms with E-state index in [9.17, 15) is 9.59 Å². The highest BCUT2D eigenvalue weighted by Gasteiger charge is 2.27. The lowest BCUT2D eigenvalue weighted by Crippen LogP contribution is -2.36. The summed E-state index contributed by atoms with van der Waals surface area (Å²) in [6.07, 6.45) is 4.00. The number of likely N-dealkylation sites (N-methyl/N-ethyl adjacent to an activating group) is 1. The Bertz CT molecular complexity index is 1020. The Labute approximate surface area is 169 Å². The van der Waals surface area contributed by atoms with E-state index >= 15 is 0 Å². The molecular weight excluding hydrogens is 366 g/mol. The number of para-hydroxylation sites is 1. The van der Waals surface area contributed by atoms with Crippen LogP contribution in [0.2, 0.25) is 0 Å². The number of carbonyl (C=O) groups is 2. The Morgan fingerprint density at radius 1 is 1.10 bits per heavy atom. The van der Waals surface area contributed by atoms with Gasteiger partial charge < -0.3 is 15.0 Å². The Morgan fingerprint density at radius 2 is 1.86 bits per heavy atom. The van der Waals surface area contributed by atoms with E-state index in [1.165, 1.54) is 0 Å². The second-order valence-electron chi connectivity index (χ2n) is 6.91. The average Bonchev–Trinajstić information content (AvgIpc) is 2.76. The first kappa shape index (κ1) is 18.7. The van der Waals surface area contributed by atoms with Crippen LogP contribution in [0.1, 0.15) is 17.0 Å². The van der Waals surface area contributed by atoms with Crippen molar-refractivity contribution >= 4 is 23.2 Å². The summed E-state index contributed by atoms with van der Waals surface area (Å²) in [6, 6.07) is 18.9. The number of nitrogens with one attached hydrogen (secondary N) is 1. The third-order valence-electron chi connectivity index (χ3n) is 5.04. The summed E-state index contributed by atoms with van der Waals surface area (Å²) in [5.74, 6) is -0.124. The predicted molar refractivity (Wildman–Crippen MR) is 111 cm³/mol. The molecule has 1 aliphatic heterocycles. The highest BCUT2D eigenvalue weighted by Crippen LogP contribution is 2.38. The summed E-state index contributed by atoms with van der Waals surface area (Å²) in [4.78, 5) is 30.8. The molecule has 1 atom stereocenters. The van der Waals surface area contributed by atoms with Crippen LogP contribution >= 0.6 is 0 Å². The molecule has 146 valence electrons. The van der Waals surface area contributed by atoms with Crippen LogP contribution in [0.5, 0.6) is 5.75 Å². The summed E-state index contributed by atoms with van der Waals surface area (Å²) in [5, 5.41) is 3.01. The van der Waals surface area contributed by atoms with Gasteiger partial charge in [-0.1, -0.05) is 36.4 Å². The van der Waals surface area contributed by atoms with Gasteiger partial charge in [0.05, 0.1) is 17.3 Å². The molecular formula is C23H21N3O3. The van der Waals surface area contributed by atoms with Gasteiger partial charge in [0, 0.05) is 19.4 Å². The number of fused-ring (bicyclic) bond motifs is 1. The van der Waals surface area contributed by atoms with Crippen LogP contribution < -0.4 is 15.0 Å². The van der Waals surface area contributed by atoms with Gasteiger partial charge in [-0.3, -0.25) is 14.6 Å². The minimum atomic E-state index is -0.377. The van der Waals surface area contributed by atoms with Crippen molar-refractivity contribution in [2.45, 2.75) is 12.3 Å². The van der Waals surface area contributed by atoms with Crippen LogP contribution in [-0.2, 0) is 16.0 Å². The first-order chi connectivity index (χ1) is 14.1. The molecule has 29 heavy (non-hydrogen) atoms. The van der Waals surface area contributed by atoms with E-state index in [0.717, 1.165) is 11.1 Å². The number of amides is 2. The Balaban J connectivity index is 1.63. The predicted octanol–water partition coefficient (Wildman–Crippen LogP) is 3.40. The van der Waals surface area contributed by atoms with E-state index in [1.807, 2.05) is 42.5 Å². The molecule has 6 nitrogen and oxygen atoms in total. The van der Waals surface area contributed by atoms with Gasteiger partial charge in [0.2, 0.25) is 5.91 Å². The molecule has 0 fully saturated rings. The van der Waals surface area contributed by atoms with Gasteiger partial charge in [-0.05, 0) is 41.8 Å². The van der Waals surface area contributed by atoms with Crippen molar-refractivity contribution in [3.63, 3.8) is 0 Å². The van der Waals surface area contributed by atoms with E-state index < -0.39 is 0 Å². The molecule has 1 N–H and O–H groups in total. The fourth-order valence-electron chi connectivity index (χ4n) is 3.43. The maximum atomic E-state index is 13.3. The first-order valence-electron chi connectivity index (χ1n) is 9.40. The second-order valence-corrected chi connectivity index (χ2v) is 6.91. The minimum absolute atomic E-state index is 0.0461. The fraction of sp³-hybridized carbons (Fsp3) is 0.174. The molecule has 0 spiro atoms. The normalized spacial score (nSPS) is 14.0. The van der Waals surface area contributed by atoms with Crippen molar-refractivity contribution in [2.24, 2.45) is 0 Å². The molecule has 0 aliphatic carbocycles. The quantitative estimate of drug-likeness (QED) is 0.728. The fourth-order valence-corrected chi connectivity index (χ4v) is 3.43. The Morgan fingerprint density at radius 3 is 2.62 bits per heavy atom. The van der Waals surface area contributed by atoms with Crippen LogP contribution in [0.15, 0.2) is 73.1 Å². The largest absolute Gasteiger partial charge is 0.479 e. The molecule has 6 heteroatoms. The van der Waals surface area contributed by atoms with Gasteiger partial charge in [0.15, 0.2) is 12.4 Å². The lowest BCUT2D eigenvalue weighted by molar-refractivity contribution is -0.121. The van der Waals surface area contributed by atoms with E-state index in [2.05, 4.69) is 10.3 Å². The van der Waals surface area contributed by atoms with Crippen molar-refractivity contribution in [3.8, 4) is 5.75 Å². The van der Waals surface area contributed by atoms with E-state index in [0.29, 0.717) is 23.5 Å². The molecule has 1 unspecified atom stereocenters. The molecule has 3 aromatic rings. The van der Waals surface area contributed by atoms with E-state index in [-0.39, 0.29) is 24.3 Å². The van der Waals surface area contributed by atoms with Gasteiger partial charge >= 0.3 is 0 Å². The molecule has 0 bridgehead atoms. The number of hydrogen-bond acceptors (Lipinski definition) is 4. The smallest absolute Gasteiger partial charge is 0.264 e. The number of rotatable bonds is 5. The number of anilines is 2. The average molecular weight is 387 g/mol. The van der Waals surface area contributed by atoms with Crippen molar-refractivity contribution < 1.29 is 14.3 Å². The van der Waals surface area contributed by atoms with Crippen LogP contribution in [-0.4, -0.2) is 30.5 Å². The van der Waals surface area contributed by atoms with Crippen molar-refractivity contribution in [1.82, 2.24) is 4.98 Å². The van der Waals surface area contributed by atoms with Gasteiger partial charge in [-0.15, -0.1) is 0 Å². The summed E-state index contributed by atoms with van der Waals surface area (Å²) in [7, 11) is 1.70. The molecule has 1 aliphatic rings. The lowest BCUT2D eigenvalue weighted by atomic mass is 9.91. The number of pyridine rings is 1. The van der Waals surface area contributed by atoms with E-state index in [1.54, 1.807) is 42.5 Å². The number of aromatic nitrogens is 1. The number of hydrogen-bond donors (Lipinski definition) is 1. The maximum Gasteiger partial charge on any atom is 0.264 e. The Hall–Kier alpha value is -3.67. The zero-order valence-electron chi connectivity index (χ0n) is 16.0. The maximum absolute atomic E-state index is 13.3. The van der Waals surface area contributed by atoms with Crippen molar-refractivity contribution in [3.05, 3.63) is 84.2 Å². The van der Waals surface area contributed by atoms with E-state index in [4.69, 9.17) is 4.74 Å². The SMILES string of the molecule is CN1C(=O)COc2c(NC(=O)C(Cc3ccncc3)c3ccccc3)cccc21. The monoisotopic (exact) mass is 387 g/mol. The van der Waals surface area contributed by atoms with Gasteiger partial charge in [0.25, 0.3) is 5.91 Å². The summed E-state index contributed by atoms with van der Waals surface area (Å²) in [6.45, 7) is -0.0461. The number of benzene rings is 2. The highest BCUT2D eigenvalue weighted by atomic mass is 16.5. The topological polar surface area (TPSA) is 71.5 Å². The summed E-state index contributed by atoms with van der Waals surface area (Å²) < 4.78 is 5.63. The summed E-state index contributed by atoms with van der Waals surface area (Å²) in [5.41, 5.74) is 3.16. The number of ether oxygens (including phenoxy) is 1. The van der Waals surface area contributed by atoms with Crippen molar-refractivity contribution in [2.75, 3.05) is 23.9 Å². The van der Waals surface area contributed by atoms with Crippen LogP contribution in [0.3, 0.4) is 0 Å². The second kappa shape index (κ2) is 8.14. The zero-order chi connectivity index (χ0) is 20.2. The third-order valence-corrected chi connectivity index (χ3v) is 5.04. The number of carbonyl (C=O) groups excluding carboxylic acids is 2. The van der Waals surface area contributed by atoms with Gasteiger partial charge in [-0.2, -0.15) is 0 Å². The standard InChI is InChI=1S/C23H21N3O3/c1-26-20-9-5-8-19(22(20)29-15-21(26)27)25-23(28)18(17-6-3-2-4-7-17)14-16-10-12-24-13-11-16/h2-13,18H,14-15H2,1H3,(H,25,28). The molecule has 2 heterocycles. The van der Waals surface area contributed by atoms with Crippen LogP contribution in [0.25, 0.3) is 0 Å². The Kier molecular flexibility index (Phi) is 5.24. The first-order valence-corrected chi connectivity index (χ1v) is 9.40. The molecule has 2 aromatic carbocycles. The molecule has 0 saturated carbocycles. The highest BCUT2D eigenvalue weighted by molar-refractivity contribution is 6.02. The molecule has 2 amide bonds. The number of nitrogens with zero attached hydrogens (tertiary/aromatic N) is 2. The van der Waals surface area contributed by atoms with Crippen molar-refractivity contribution in [1.29, 1.82) is 0 Å². The molecule has 0 radical (unpaired) electrons.